The van der Waals surface area contributed by atoms with Crippen molar-refractivity contribution in [2.75, 3.05) is 26.1 Å². The van der Waals surface area contributed by atoms with E-state index in [9.17, 15) is 4.79 Å². The second kappa shape index (κ2) is 8.24. The fraction of sp³-hybridized carbons (Fsp3) is 0.316. The number of hydrogen-bond acceptors (Lipinski definition) is 4. The predicted octanol–water partition coefficient (Wildman–Crippen LogP) is 3.59. The molecule has 1 amide bonds. The van der Waals surface area contributed by atoms with Crippen molar-refractivity contribution in [2.45, 2.75) is 20.3 Å². The summed E-state index contributed by atoms with van der Waals surface area (Å²) in [5.41, 5.74) is 2.39. The van der Waals surface area contributed by atoms with E-state index >= 15 is 0 Å². The van der Waals surface area contributed by atoms with Crippen molar-refractivity contribution >= 4 is 11.6 Å². The second-order valence-corrected chi connectivity index (χ2v) is 5.28. The molecular weight excluding hydrogens is 306 g/mol. The molecule has 2 aromatic carbocycles. The summed E-state index contributed by atoms with van der Waals surface area (Å²) in [6.45, 7) is 4.45. The Morgan fingerprint density at radius 1 is 1.04 bits per heavy atom. The number of rotatable bonds is 7. The van der Waals surface area contributed by atoms with Gasteiger partial charge in [-0.2, -0.15) is 0 Å². The third-order valence-electron chi connectivity index (χ3n) is 3.65. The van der Waals surface area contributed by atoms with Crippen molar-refractivity contribution in [1.29, 1.82) is 0 Å². The van der Waals surface area contributed by atoms with Crippen LogP contribution >= 0.6 is 0 Å². The molecule has 0 heterocycles. The lowest BCUT2D eigenvalue weighted by atomic mass is 10.1. The highest BCUT2D eigenvalue weighted by atomic mass is 16.5. The Morgan fingerprint density at radius 3 is 2.33 bits per heavy atom. The van der Waals surface area contributed by atoms with E-state index in [1.54, 1.807) is 20.3 Å². The highest BCUT2D eigenvalue weighted by Gasteiger charge is 2.13. The largest absolute Gasteiger partial charge is 0.496 e. The van der Waals surface area contributed by atoms with Crippen molar-refractivity contribution in [3.05, 3.63) is 47.5 Å². The minimum Gasteiger partial charge on any atom is -0.496 e. The first kappa shape index (κ1) is 17.7. The van der Waals surface area contributed by atoms with Crippen LogP contribution in [0.2, 0.25) is 0 Å². The molecule has 0 saturated carbocycles. The van der Waals surface area contributed by atoms with Crippen LogP contribution in [-0.2, 0) is 11.2 Å². The molecule has 2 aromatic rings. The molecule has 2 rings (SSSR count). The summed E-state index contributed by atoms with van der Waals surface area (Å²) in [7, 11) is 3.18. The maximum Gasteiger partial charge on any atom is 0.228 e. The van der Waals surface area contributed by atoms with Crippen LogP contribution in [0.5, 0.6) is 17.2 Å². The minimum absolute atomic E-state index is 0.109. The fourth-order valence-electron chi connectivity index (χ4n) is 2.51. The van der Waals surface area contributed by atoms with Gasteiger partial charge >= 0.3 is 0 Å². The molecular formula is C19H23NO4. The maximum absolute atomic E-state index is 12.3. The SMILES string of the molecule is CCOc1ccc(CC(=O)Nc2ccc(OC)c(C)c2OC)cc1. The first-order valence-corrected chi connectivity index (χ1v) is 7.82. The van der Waals surface area contributed by atoms with Gasteiger partial charge in [-0.3, -0.25) is 4.79 Å². The number of nitrogens with one attached hydrogen (secondary N) is 1. The first-order valence-electron chi connectivity index (χ1n) is 7.82. The van der Waals surface area contributed by atoms with Crippen LogP contribution in [0.15, 0.2) is 36.4 Å². The monoisotopic (exact) mass is 329 g/mol. The maximum atomic E-state index is 12.3. The Morgan fingerprint density at radius 2 is 1.75 bits per heavy atom. The smallest absolute Gasteiger partial charge is 0.228 e. The Labute approximate surface area is 142 Å². The summed E-state index contributed by atoms with van der Waals surface area (Å²) in [6, 6.07) is 11.1. The molecule has 0 bridgehead atoms. The minimum atomic E-state index is -0.109. The van der Waals surface area contributed by atoms with Gasteiger partial charge in [0.25, 0.3) is 0 Å². The van der Waals surface area contributed by atoms with Gasteiger partial charge in [0.1, 0.15) is 17.2 Å². The van der Waals surface area contributed by atoms with Gasteiger partial charge in [0.2, 0.25) is 5.91 Å². The highest BCUT2D eigenvalue weighted by Crippen LogP contribution is 2.34. The van der Waals surface area contributed by atoms with Gasteiger partial charge in [0, 0.05) is 5.56 Å². The molecule has 0 radical (unpaired) electrons. The summed E-state index contributed by atoms with van der Waals surface area (Å²) in [4.78, 5) is 12.3. The molecule has 0 atom stereocenters. The molecule has 24 heavy (non-hydrogen) atoms. The van der Waals surface area contributed by atoms with Crippen LogP contribution in [0, 0.1) is 6.92 Å². The summed E-state index contributed by atoms with van der Waals surface area (Å²) in [5, 5.41) is 2.89. The number of carbonyl (C=O) groups excluding carboxylic acids is 1. The summed E-state index contributed by atoms with van der Waals surface area (Å²) < 4.78 is 16.1. The van der Waals surface area contributed by atoms with E-state index < -0.39 is 0 Å². The van der Waals surface area contributed by atoms with Crippen LogP contribution in [0.4, 0.5) is 5.69 Å². The van der Waals surface area contributed by atoms with Gasteiger partial charge in [-0.05, 0) is 43.7 Å². The molecule has 128 valence electrons. The van der Waals surface area contributed by atoms with Crippen molar-refractivity contribution < 1.29 is 19.0 Å². The van der Waals surface area contributed by atoms with Gasteiger partial charge in [0.05, 0.1) is 32.9 Å². The topological polar surface area (TPSA) is 56.8 Å². The zero-order chi connectivity index (χ0) is 17.5. The van der Waals surface area contributed by atoms with Crippen molar-refractivity contribution in [2.24, 2.45) is 0 Å². The molecule has 0 aliphatic heterocycles. The standard InChI is InChI=1S/C19H23NO4/c1-5-24-15-8-6-14(7-9-15)12-18(21)20-16-10-11-17(22-3)13(2)19(16)23-4/h6-11H,5,12H2,1-4H3,(H,20,21). The van der Waals surface area contributed by atoms with Crippen molar-refractivity contribution in [1.82, 2.24) is 0 Å². The lowest BCUT2D eigenvalue weighted by Gasteiger charge is -2.15. The van der Waals surface area contributed by atoms with Gasteiger partial charge < -0.3 is 19.5 Å². The molecule has 0 aromatic heterocycles. The average molecular weight is 329 g/mol. The van der Waals surface area contributed by atoms with Gasteiger partial charge in [-0.15, -0.1) is 0 Å². The number of hydrogen-bond donors (Lipinski definition) is 1. The Bertz CT molecular complexity index is 695. The number of methoxy groups -OCH3 is 2. The average Bonchev–Trinajstić information content (AvgIpc) is 2.57. The van der Waals surface area contributed by atoms with E-state index in [0.29, 0.717) is 18.0 Å². The summed E-state index contributed by atoms with van der Waals surface area (Å²) in [6.07, 6.45) is 0.278. The number of amides is 1. The van der Waals surface area contributed by atoms with E-state index in [-0.39, 0.29) is 12.3 Å². The van der Waals surface area contributed by atoms with E-state index in [1.165, 1.54) is 0 Å². The zero-order valence-corrected chi connectivity index (χ0v) is 14.5. The van der Waals surface area contributed by atoms with Crippen LogP contribution in [0.1, 0.15) is 18.1 Å². The van der Waals surface area contributed by atoms with E-state index in [4.69, 9.17) is 14.2 Å². The first-order chi connectivity index (χ1) is 11.6. The molecule has 5 nitrogen and oxygen atoms in total. The highest BCUT2D eigenvalue weighted by molar-refractivity contribution is 5.94. The van der Waals surface area contributed by atoms with E-state index in [2.05, 4.69) is 5.32 Å². The van der Waals surface area contributed by atoms with Crippen molar-refractivity contribution in [3.8, 4) is 17.2 Å². The van der Waals surface area contributed by atoms with E-state index in [0.717, 1.165) is 22.6 Å². The third kappa shape index (κ3) is 4.19. The van der Waals surface area contributed by atoms with Crippen LogP contribution < -0.4 is 19.5 Å². The number of anilines is 1. The van der Waals surface area contributed by atoms with Crippen LogP contribution in [0.25, 0.3) is 0 Å². The molecule has 0 unspecified atom stereocenters. The summed E-state index contributed by atoms with van der Waals surface area (Å²) in [5.74, 6) is 2.02. The third-order valence-corrected chi connectivity index (χ3v) is 3.65. The normalized spacial score (nSPS) is 10.2. The molecule has 0 aliphatic carbocycles. The predicted molar refractivity (Wildman–Crippen MR) is 94.2 cm³/mol. The fourth-order valence-corrected chi connectivity index (χ4v) is 2.51. The molecule has 0 aliphatic rings. The number of carbonyl (C=O) groups is 1. The molecule has 1 N–H and O–H groups in total. The van der Waals surface area contributed by atoms with E-state index in [1.807, 2.05) is 44.2 Å². The van der Waals surface area contributed by atoms with Gasteiger partial charge in [-0.1, -0.05) is 12.1 Å². The van der Waals surface area contributed by atoms with Crippen molar-refractivity contribution in [3.63, 3.8) is 0 Å². The number of ether oxygens (including phenoxy) is 3. The molecule has 0 spiro atoms. The number of benzene rings is 2. The zero-order valence-electron chi connectivity index (χ0n) is 14.5. The lowest BCUT2D eigenvalue weighted by molar-refractivity contribution is -0.115. The Hall–Kier alpha value is -2.69. The Kier molecular flexibility index (Phi) is 6.07. The molecule has 0 fully saturated rings. The van der Waals surface area contributed by atoms with Gasteiger partial charge in [-0.25, -0.2) is 0 Å². The Balaban J connectivity index is 2.08. The van der Waals surface area contributed by atoms with Crippen LogP contribution in [-0.4, -0.2) is 26.7 Å². The lowest BCUT2D eigenvalue weighted by Crippen LogP contribution is -2.15. The van der Waals surface area contributed by atoms with Gasteiger partial charge in [0.15, 0.2) is 0 Å². The molecule has 0 saturated heterocycles. The second-order valence-electron chi connectivity index (χ2n) is 5.28. The van der Waals surface area contributed by atoms with Crippen LogP contribution in [0.3, 0.4) is 0 Å². The quantitative estimate of drug-likeness (QED) is 0.843. The molecule has 5 heteroatoms. The summed E-state index contributed by atoms with van der Waals surface area (Å²) >= 11 is 0.